The van der Waals surface area contributed by atoms with Crippen molar-refractivity contribution in [1.29, 1.82) is 0 Å². The van der Waals surface area contributed by atoms with Crippen LogP contribution in [0.5, 0.6) is 0 Å². The highest BCUT2D eigenvalue weighted by atomic mass is 35.5. The van der Waals surface area contributed by atoms with Crippen LogP contribution in [0.4, 0.5) is 17.6 Å². The molecule has 0 aliphatic rings. The SMILES string of the molecule is NS(=O)(=O)c1c(C(F)(F)F)ccc(-c2cccc(C(=O)Cc3ccnc(Cl)n3)c2F)c1Cl. The Balaban J connectivity index is 2.13. The molecule has 1 aromatic heterocycles. The molecule has 0 saturated heterocycles. The van der Waals surface area contributed by atoms with Crippen molar-refractivity contribution >= 4 is 39.0 Å². The summed E-state index contributed by atoms with van der Waals surface area (Å²) in [4.78, 5) is 18.7. The minimum atomic E-state index is -5.08. The average molecular weight is 508 g/mol. The number of nitrogens with two attached hydrogens (primary N) is 1. The van der Waals surface area contributed by atoms with Crippen LogP contribution in [0.15, 0.2) is 47.5 Å². The third-order valence-corrected chi connectivity index (χ3v) is 5.98. The summed E-state index contributed by atoms with van der Waals surface area (Å²) < 4.78 is 78.6. The molecule has 13 heteroatoms. The number of carbonyl (C=O) groups is 1. The van der Waals surface area contributed by atoms with Gasteiger partial charge >= 0.3 is 6.18 Å². The second kappa shape index (κ2) is 8.74. The van der Waals surface area contributed by atoms with Crippen LogP contribution in [-0.4, -0.2) is 24.2 Å². The maximum absolute atomic E-state index is 15.2. The molecule has 0 fully saturated rings. The molecule has 0 spiro atoms. The molecule has 3 rings (SSSR count). The molecule has 6 nitrogen and oxygen atoms in total. The number of benzene rings is 2. The van der Waals surface area contributed by atoms with E-state index in [1.807, 2.05) is 0 Å². The van der Waals surface area contributed by atoms with Crippen molar-refractivity contribution in [2.75, 3.05) is 0 Å². The predicted molar refractivity (Wildman–Crippen MR) is 108 cm³/mol. The lowest BCUT2D eigenvalue weighted by atomic mass is 9.97. The Bertz CT molecular complexity index is 1330. The van der Waals surface area contributed by atoms with Crippen molar-refractivity contribution in [3.63, 3.8) is 0 Å². The fourth-order valence-electron chi connectivity index (χ4n) is 2.95. The van der Waals surface area contributed by atoms with Gasteiger partial charge in [-0.25, -0.2) is 27.9 Å². The van der Waals surface area contributed by atoms with Gasteiger partial charge in [-0.05, 0) is 29.8 Å². The Kier molecular flexibility index (Phi) is 6.57. The van der Waals surface area contributed by atoms with E-state index in [1.165, 1.54) is 18.3 Å². The van der Waals surface area contributed by atoms with Crippen LogP contribution in [0, 0.1) is 5.82 Å². The summed E-state index contributed by atoms with van der Waals surface area (Å²) >= 11 is 11.6. The molecule has 0 radical (unpaired) electrons. The Labute approximate surface area is 189 Å². The zero-order valence-electron chi connectivity index (χ0n) is 15.6. The number of rotatable bonds is 5. The molecule has 0 atom stereocenters. The molecule has 3 aromatic rings. The third-order valence-electron chi connectivity index (χ3n) is 4.30. The largest absolute Gasteiger partial charge is 0.417 e. The van der Waals surface area contributed by atoms with Gasteiger partial charge in [0.25, 0.3) is 0 Å². The topological polar surface area (TPSA) is 103 Å². The molecule has 2 aromatic carbocycles. The molecule has 1 heterocycles. The highest BCUT2D eigenvalue weighted by molar-refractivity contribution is 7.89. The first-order valence-corrected chi connectivity index (χ1v) is 10.8. The molecule has 168 valence electrons. The molecule has 32 heavy (non-hydrogen) atoms. The van der Waals surface area contributed by atoms with Crippen molar-refractivity contribution < 1.29 is 30.8 Å². The molecular weight excluding hydrogens is 497 g/mol. The van der Waals surface area contributed by atoms with E-state index in [1.54, 1.807) is 0 Å². The van der Waals surface area contributed by atoms with Crippen LogP contribution in [0.1, 0.15) is 21.6 Å². The van der Waals surface area contributed by atoms with Gasteiger partial charge in [-0.15, -0.1) is 0 Å². The number of alkyl halides is 3. The third kappa shape index (κ3) is 4.90. The molecule has 2 N–H and O–H groups in total. The van der Waals surface area contributed by atoms with Gasteiger partial charge in [-0.1, -0.05) is 29.8 Å². The summed E-state index contributed by atoms with van der Waals surface area (Å²) in [6.45, 7) is 0. The van der Waals surface area contributed by atoms with E-state index in [0.29, 0.717) is 6.07 Å². The number of nitrogens with zero attached hydrogens (tertiary/aromatic N) is 2. The lowest BCUT2D eigenvalue weighted by molar-refractivity contribution is -0.139. The van der Waals surface area contributed by atoms with Crippen molar-refractivity contribution in [2.24, 2.45) is 5.14 Å². The van der Waals surface area contributed by atoms with Crippen LogP contribution < -0.4 is 5.14 Å². The smallest absolute Gasteiger partial charge is 0.294 e. The van der Waals surface area contributed by atoms with Crippen molar-refractivity contribution in [3.8, 4) is 11.1 Å². The van der Waals surface area contributed by atoms with Crippen molar-refractivity contribution in [2.45, 2.75) is 17.5 Å². The molecule has 0 unspecified atom stereocenters. The summed E-state index contributed by atoms with van der Waals surface area (Å²) in [6.07, 6.45) is -4.12. The van der Waals surface area contributed by atoms with E-state index in [2.05, 4.69) is 9.97 Å². The maximum Gasteiger partial charge on any atom is 0.417 e. The lowest BCUT2D eigenvalue weighted by Crippen LogP contribution is -2.20. The summed E-state index contributed by atoms with van der Waals surface area (Å²) in [5.41, 5.74) is -2.57. The van der Waals surface area contributed by atoms with Gasteiger partial charge in [0.1, 0.15) is 10.7 Å². The van der Waals surface area contributed by atoms with E-state index >= 15 is 4.39 Å². The fraction of sp³-hybridized carbons (Fsp3) is 0.105. The summed E-state index contributed by atoms with van der Waals surface area (Å²) in [6, 6.07) is 6.19. The second-order valence-electron chi connectivity index (χ2n) is 6.43. The van der Waals surface area contributed by atoms with E-state index in [9.17, 15) is 26.4 Å². The molecule has 0 saturated carbocycles. The second-order valence-corrected chi connectivity index (χ2v) is 8.64. The Morgan fingerprint density at radius 2 is 1.75 bits per heavy atom. The number of hydrogen-bond donors (Lipinski definition) is 1. The fourth-order valence-corrected chi connectivity index (χ4v) is 4.55. The van der Waals surface area contributed by atoms with Crippen LogP contribution in [0.25, 0.3) is 11.1 Å². The van der Waals surface area contributed by atoms with Gasteiger partial charge in [-0.3, -0.25) is 4.79 Å². The van der Waals surface area contributed by atoms with Gasteiger partial charge < -0.3 is 0 Å². The summed E-state index contributed by atoms with van der Waals surface area (Å²) in [5.74, 6) is -1.83. The summed E-state index contributed by atoms with van der Waals surface area (Å²) in [7, 11) is -4.93. The van der Waals surface area contributed by atoms with Crippen LogP contribution >= 0.6 is 23.2 Å². The van der Waals surface area contributed by atoms with Gasteiger partial charge in [0.2, 0.25) is 15.3 Å². The summed E-state index contributed by atoms with van der Waals surface area (Å²) in [5, 5.41) is 3.90. The number of carbonyl (C=O) groups excluding carboxylic acids is 1. The highest BCUT2D eigenvalue weighted by Crippen LogP contribution is 2.42. The number of ketones is 1. The van der Waals surface area contributed by atoms with Crippen LogP contribution in [0.3, 0.4) is 0 Å². The monoisotopic (exact) mass is 507 g/mol. The first-order chi connectivity index (χ1) is 14.8. The minimum absolute atomic E-state index is 0.114. The zero-order chi connectivity index (χ0) is 23.8. The van der Waals surface area contributed by atoms with E-state index in [0.717, 1.165) is 18.2 Å². The number of sulfonamides is 1. The van der Waals surface area contributed by atoms with E-state index in [-0.39, 0.29) is 28.5 Å². The number of halogens is 6. The Hall–Kier alpha value is -2.60. The Morgan fingerprint density at radius 3 is 2.34 bits per heavy atom. The maximum atomic E-state index is 15.2. The molecule has 0 aliphatic heterocycles. The van der Waals surface area contributed by atoms with Crippen LogP contribution in [0.2, 0.25) is 10.3 Å². The lowest BCUT2D eigenvalue weighted by Gasteiger charge is -2.16. The van der Waals surface area contributed by atoms with Gasteiger partial charge in [0.05, 0.1) is 28.3 Å². The molecule has 0 aliphatic carbocycles. The average Bonchev–Trinajstić information content (AvgIpc) is 2.66. The number of primary sulfonamides is 1. The first kappa shape index (κ1) is 24.1. The highest BCUT2D eigenvalue weighted by Gasteiger charge is 2.38. The first-order valence-electron chi connectivity index (χ1n) is 8.52. The van der Waals surface area contributed by atoms with Gasteiger partial charge in [0, 0.05) is 17.3 Å². The minimum Gasteiger partial charge on any atom is -0.294 e. The Morgan fingerprint density at radius 1 is 1.06 bits per heavy atom. The standard InChI is InChI=1S/C19H11Cl2F4N3O3S/c20-15-10(4-5-13(19(23,24)25)17(15)32(26,30)31)11-2-1-3-12(16(11)22)14(29)8-9-6-7-27-18(21)28-9/h1-7H,8H2,(H2,26,30,31). The normalized spacial score (nSPS) is 12.1. The van der Waals surface area contributed by atoms with Crippen molar-refractivity contribution in [3.05, 3.63) is 75.5 Å². The van der Waals surface area contributed by atoms with E-state index < -0.39 is 48.8 Å². The number of Topliss-reactive ketones (excluding diaryl/α,β-unsaturated/α-hetero) is 1. The molecular formula is C19H11Cl2F4N3O3S. The predicted octanol–water partition coefficient (Wildman–Crippen LogP) is 4.68. The zero-order valence-corrected chi connectivity index (χ0v) is 17.9. The van der Waals surface area contributed by atoms with Crippen LogP contribution in [-0.2, 0) is 22.6 Å². The van der Waals surface area contributed by atoms with E-state index in [4.69, 9.17) is 28.3 Å². The van der Waals surface area contributed by atoms with Crippen molar-refractivity contribution in [1.82, 2.24) is 9.97 Å². The van der Waals surface area contributed by atoms with Gasteiger partial charge in [0.15, 0.2) is 5.78 Å². The quantitative estimate of drug-likeness (QED) is 0.306. The molecule has 0 bridgehead atoms. The molecule has 0 amide bonds. The number of hydrogen-bond acceptors (Lipinski definition) is 5. The number of aromatic nitrogens is 2. The van der Waals surface area contributed by atoms with Gasteiger partial charge in [-0.2, -0.15) is 13.2 Å².